The second-order valence-electron chi connectivity index (χ2n) is 0.989. The molecule has 7 heteroatoms. The molecule has 0 aliphatic rings. The van der Waals surface area contributed by atoms with Crippen molar-refractivity contribution in [2.24, 2.45) is 0 Å². The molecule has 0 atom stereocenters. The summed E-state index contributed by atoms with van der Waals surface area (Å²) < 4.78 is 3.94. The normalized spacial score (nSPS) is 5.82. The molecule has 3 radical (unpaired) electrons. The molecule has 0 spiro atoms. The smallest absolute Gasteiger partial charge is 0.299 e. The molecule has 0 aliphatic heterocycles. The molecule has 0 aromatic carbocycles. The van der Waals surface area contributed by atoms with Gasteiger partial charge in [-0.05, 0) is 0 Å². The first-order chi connectivity index (χ1) is 3.13. The zero-order chi connectivity index (χ0) is 5.86. The third-order valence-corrected chi connectivity index (χ3v) is 0.284. The van der Waals surface area contributed by atoms with Crippen LogP contribution in [0, 0.1) is 7.43 Å². The van der Waals surface area contributed by atoms with Crippen LogP contribution in [0.15, 0.2) is 0 Å². The standard InChI is InChI=1S/C3H6N2O2.CH3.3Y/c1-2(6)7-3(4)5;;;;/h3-5H,1H3;1H3;;;/q-2;-1;;;. The van der Waals surface area contributed by atoms with Gasteiger partial charge in [0.2, 0.25) is 0 Å². The van der Waals surface area contributed by atoms with Crippen molar-refractivity contribution in [3.8, 4) is 0 Å². The van der Waals surface area contributed by atoms with Crippen LogP contribution in [0.2, 0.25) is 0 Å². The summed E-state index contributed by atoms with van der Waals surface area (Å²) in [5.74, 6) is -0.588. The van der Waals surface area contributed by atoms with E-state index in [-0.39, 0.29) is 106 Å². The predicted molar refractivity (Wildman–Crippen MR) is 30.6 cm³/mol. The first-order valence-corrected chi connectivity index (χ1v) is 1.72. The van der Waals surface area contributed by atoms with Crippen LogP contribution in [-0.4, -0.2) is 12.3 Å². The van der Waals surface area contributed by atoms with Crippen LogP contribution >= 0.6 is 0 Å². The van der Waals surface area contributed by atoms with Gasteiger partial charge in [0.15, 0.2) is 0 Å². The number of hydrogen-bond donors (Lipinski definition) is 0. The molecular formula is C4H9N2O2Y3-3. The molecule has 0 aliphatic carbocycles. The van der Waals surface area contributed by atoms with E-state index in [1.165, 1.54) is 0 Å². The zero-order valence-corrected chi connectivity index (χ0v) is 15.1. The number of carbonyl (C=O) groups is 1. The van der Waals surface area contributed by atoms with Crippen LogP contribution in [0.5, 0.6) is 0 Å². The Bertz CT molecular complexity index is 81.7. The average molecular weight is 384 g/mol. The summed E-state index contributed by atoms with van der Waals surface area (Å²) in [4.78, 5) is 9.79. The molecule has 0 aromatic rings. The van der Waals surface area contributed by atoms with Gasteiger partial charge in [-0.3, -0.25) is 4.79 Å². The number of esters is 1. The van der Waals surface area contributed by atoms with Gasteiger partial charge >= 0.3 is 0 Å². The summed E-state index contributed by atoms with van der Waals surface area (Å²) in [7, 11) is 0. The Labute approximate surface area is 143 Å². The van der Waals surface area contributed by atoms with E-state index in [4.69, 9.17) is 11.5 Å². The van der Waals surface area contributed by atoms with E-state index < -0.39 is 12.3 Å². The van der Waals surface area contributed by atoms with Crippen LogP contribution in [0.1, 0.15) is 6.92 Å². The molecule has 0 heterocycles. The average Bonchev–Trinajstić information content (AvgIpc) is 1.27. The molecule has 0 aromatic heterocycles. The van der Waals surface area contributed by atoms with Crippen LogP contribution in [0.3, 0.4) is 0 Å². The Kier molecular flexibility index (Phi) is 49.0. The molecule has 0 fully saturated rings. The third-order valence-electron chi connectivity index (χ3n) is 0.284. The van der Waals surface area contributed by atoms with Crippen LogP contribution in [0.4, 0.5) is 0 Å². The van der Waals surface area contributed by atoms with Gasteiger partial charge in [0.1, 0.15) is 0 Å². The molecule has 0 saturated carbocycles. The van der Waals surface area contributed by atoms with Gasteiger partial charge in [-0.2, -0.15) is 0 Å². The minimum atomic E-state index is -1.47. The van der Waals surface area contributed by atoms with Gasteiger partial charge in [-0.1, -0.05) is 6.35 Å². The number of ether oxygens (including phenoxy) is 1. The summed E-state index contributed by atoms with van der Waals surface area (Å²) in [5.41, 5.74) is 12.7. The van der Waals surface area contributed by atoms with E-state index in [2.05, 4.69) is 4.74 Å². The third kappa shape index (κ3) is 32.4. The Morgan fingerprint density at radius 1 is 1.27 bits per heavy atom. The fraction of sp³-hybridized carbons (Fsp3) is 0.500. The first-order valence-electron chi connectivity index (χ1n) is 1.72. The zero-order valence-electron chi connectivity index (χ0n) is 6.63. The van der Waals surface area contributed by atoms with Crippen LogP contribution in [0.25, 0.3) is 11.5 Å². The van der Waals surface area contributed by atoms with Crippen molar-refractivity contribution in [1.82, 2.24) is 0 Å². The largest absolute Gasteiger partial charge is 0.660 e. The molecule has 0 amide bonds. The van der Waals surface area contributed by atoms with Crippen molar-refractivity contribution in [3.05, 3.63) is 18.9 Å². The molecular weight excluding hydrogens is 375 g/mol. The van der Waals surface area contributed by atoms with E-state index in [9.17, 15) is 4.79 Å². The molecule has 2 N–H and O–H groups in total. The maximum absolute atomic E-state index is 9.79. The summed E-state index contributed by atoms with van der Waals surface area (Å²) in [6.45, 7) is 1.16. The van der Waals surface area contributed by atoms with E-state index in [1.807, 2.05) is 0 Å². The molecule has 4 nitrogen and oxygen atoms in total. The fourth-order valence-corrected chi connectivity index (χ4v) is 0.166. The van der Waals surface area contributed by atoms with E-state index in [1.54, 1.807) is 0 Å². The summed E-state index contributed by atoms with van der Waals surface area (Å²) in [6.07, 6.45) is -1.47. The summed E-state index contributed by atoms with van der Waals surface area (Å²) >= 11 is 0. The predicted octanol–water partition coefficient (Wildman–Crippen LogP) is 1.38. The second-order valence-corrected chi connectivity index (χ2v) is 0.989. The topological polar surface area (TPSA) is 73.9 Å². The SMILES string of the molecule is CC(=O)OC([NH-])[NH-].[CH3-].[Y].[Y].[Y]. The van der Waals surface area contributed by atoms with Crippen LogP contribution < -0.4 is 0 Å². The summed E-state index contributed by atoms with van der Waals surface area (Å²) in [6, 6.07) is 0. The summed E-state index contributed by atoms with van der Waals surface area (Å²) in [5, 5.41) is 0. The number of rotatable bonds is 1. The minimum absolute atomic E-state index is 0. The van der Waals surface area contributed by atoms with Crippen molar-refractivity contribution in [2.75, 3.05) is 0 Å². The van der Waals surface area contributed by atoms with Crippen LogP contribution in [-0.2, 0) is 108 Å². The van der Waals surface area contributed by atoms with E-state index in [0.717, 1.165) is 6.92 Å². The monoisotopic (exact) mass is 384 g/mol. The van der Waals surface area contributed by atoms with Gasteiger partial charge in [0.25, 0.3) is 5.97 Å². The van der Waals surface area contributed by atoms with Crippen molar-refractivity contribution < 1.29 is 108 Å². The minimum Gasteiger partial charge on any atom is -0.660 e. The van der Waals surface area contributed by atoms with Gasteiger partial charge in [-0.25, -0.2) is 0 Å². The van der Waals surface area contributed by atoms with Gasteiger partial charge in [0, 0.05) is 105 Å². The first kappa shape index (κ1) is 29.2. The molecule has 0 unspecified atom stereocenters. The van der Waals surface area contributed by atoms with Crippen molar-refractivity contribution in [3.63, 3.8) is 0 Å². The molecule has 0 rings (SSSR count). The maximum Gasteiger partial charge on any atom is 0.299 e. The van der Waals surface area contributed by atoms with Gasteiger partial charge in [-0.15, -0.1) is 0 Å². The Morgan fingerprint density at radius 3 is 1.55 bits per heavy atom. The number of hydrogen-bond acceptors (Lipinski definition) is 2. The van der Waals surface area contributed by atoms with E-state index in [0.29, 0.717) is 0 Å². The Morgan fingerprint density at radius 2 is 1.55 bits per heavy atom. The van der Waals surface area contributed by atoms with Crippen molar-refractivity contribution in [1.29, 1.82) is 0 Å². The fourth-order valence-electron chi connectivity index (χ4n) is 0.166. The van der Waals surface area contributed by atoms with E-state index >= 15 is 0 Å². The number of carbonyl (C=O) groups excluding carboxylic acids is 1. The Hall–Kier alpha value is 2.70. The second kappa shape index (κ2) is 18.5. The van der Waals surface area contributed by atoms with Crippen molar-refractivity contribution >= 4 is 5.97 Å². The van der Waals surface area contributed by atoms with Crippen molar-refractivity contribution in [2.45, 2.75) is 13.3 Å². The quantitative estimate of drug-likeness (QED) is 0.507. The molecule has 11 heavy (non-hydrogen) atoms. The van der Waals surface area contributed by atoms with Gasteiger partial charge in [0.05, 0.1) is 0 Å². The molecule has 59 valence electrons. The molecule has 0 bridgehead atoms. The number of nitrogens with one attached hydrogen (secondary N) is 2. The Balaban J connectivity index is -0.0000000300. The maximum atomic E-state index is 9.79. The van der Waals surface area contributed by atoms with Gasteiger partial charge < -0.3 is 23.6 Å². The molecule has 0 saturated heterocycles.